The highest BCUT2D eigenvalue weighted by molar-refractivity contribution is 6.30. The van der Waals surface area contributed by atoms with Crippen molar-refractivity contribution in [1.29, 1.82) is 0 Å². The Morgan fingerprint density at radius 3 is 2.11 bits per heavy atom. The van der Waals surface area contributed by atoms with Crippen molar-refractivity contribution < 1.29 is 28.5 Å². The summed E-state index contributed by atoms with van der Waals surface area (Å²) in [6.45, 7) is 1.82. The molecule has 2 atom stereocenters. The molecule has 1 heterocycles. The predicted octanol–water partition coefficient (Wildman–Crippen LogP) is 4.90. The number of rotatable bonds is 6. The summed E-state index contributed by atoms with van der Waals surface area (Å²) < 4.78 is 21.7. The van der Waals surface area contributed by atoms with E-state index in [1.165, 1.54) is 28.4 Å². The fourth-order valence-electron chi connectivity index (χ4n) is 4.99. The Labute approximate surface area is 209 Å². The average Bonchev–Trinajstić information content (AvgIpc) is 2.86. The Kier molecular flexibility index (Phi) is 7.08. The largest absolute Gasteiger partial charge is 0.493 e. The average molecular weight is 498 g/mol. The first kappa shape index (κ1) is 24.7. The fraction of sp³-hybridized carbons (Fsp3) is 0.333. The Balaban J connectivity index is 1.87. The Bertz CT molecular complexity index is 1210. The van der Waals surface area contributed by atoms with E-state index >= 15 is 0 Å². The molecule has 4 rings (SSSR count). The van der Waals surface area contributed by atoms with Crippen LogP contribution in [0.25, 0.3) is 0 Å². The molecule has 0 unspecified atom stereocenters. The molecule has 0 spiro atoms. The van der Waals surface area contributed by atoms with Crippen molar-refractivity contribution in [3.05, 3.63) is 75.1 Å². The number of ketones is 1. The summed E-state index contributed by atoms with van der Waals surface area (Å²) in [6, 6.07) is 11.1. The smallest absolute Gasteiger partial charge is 0.336 e. The van der Waals surface area contributed by atoms with Crippen molar-refractivity contribution >= 4 is 23.4 Å². The minimum absolute atomic E-state index is 0.000849. The molecule has 184 valence electrons. The van der Waals surface area contributed by atoms with Gasteiger partial charge in [-0.2, -0.15) is 0 Å². The van der Waals surface area contributed by atoms with Gasteiger partial charge in [0.15, 0.2) is 17.3 Å². The van der Waals surface area contributed by atoms with E-state index < -0.39 is 11.9 Å². The van der Waals surface area contributed by atoms with E-state index in [0.29, 0.717) is 57.5 Å². The first-order chi connectivity index (χ1) is 16.8. The van der Waals surface area contributed by atoms with Gasteiger partial charge >= 0.3 is 5.97 Å². The maximum Gasteiger partial charge on any atom is 0.336 e. The molecule has 8 heteroatoms. The SMILES string of the molecule is COC(=O)C1=C(C)NC2=C(C(=O)C[C@H](c3ccc(Cl)cc3)C2)[C@@H]1c1cc(OC)c(OC)c(OC)c1. The van der Waals surface area contributed by atoms with E-state index in [2.05, 4.69) is 5.32 Å². The standard InChI is InChI=1S/C27H28ClNO6/c1-14-23(27(31)35-5)24(17-12-21(32-2)26(34-4)22(13-17)33-3)25-19(29-14)10-16(11-20(25)30)15-6-8-18(28)9-7-15/h6-9,12-13,16,24,29H,10-11H2,1-5H3/t16-,24-/m1/s1. The lowest BCUT2D eigenvalue weighted by molar-refractivity contribution is -0.136. The van der Waals surface area contributed by atoms with Gasteiger partial charge < -0.3 is 24.3 Å². The van der Waals surface area contributed by atoms with Crippen molar-refractivity contribution in [1.82, 2.24) is 5.32 Å². The third-order valence-electron chi connectivity index (χ3n) is 6.59. The van der Waals surface area contributed by atoms with Gasteiger partial charge in [0.25, 0.3) is 0 Å². The molecule has 0 fully saturated rings. The lowest BCUT2D eigenvalue weighted by Crippen LogP contribution is -2.36. The summed E-state index contributed by atoms with van der Waals surface area (Å²) in [5, 5.41) is 3.98. The van der Waals surface area contributed by atoms with Crippen LogP contribution in [0.15, 0.2) is 58.9 Å². The first-order valence-corrected chi connectivity index (χ1v) is 11.6. The van der Waals surface area contributed by atoms with Gasteiger partial charge in [0.05, 0.1) is 34.0 Å². The fourth-order valence-corrected chi connectivity index (χ4v) is 5.12. The minimum Gasteiger partial charge on any atom is -0.493 e. The number of hydrogen-bond donors (Lipinski definition) is 1. The van der Waals surface area contributed by atoms with Crippen LogP contribution in [0, 0.1) is 0 Å². The van der Waals surface area contributed by atoms with Gasteiger partial charge in [-0.1, -0.05) is 23.7 Å². The number of hydrogen-bond acceptors (Lipinski definition) is 7. The van der Waals surface area contributed by atoms with Crippen molar-refractivity contribution in [2.24, 2.45) is 0 Å². The lowest BCUT2D eigenvalue weighted by atomic mass is 9.71. The van der Waals surface area contributed by atoms with Gasteiger partial charge in [-0.25, -0.2) is 4.79 Å². The summed E-state index contributed by atoms with van der Waals surface area (Å²) in [5.41, 5.74) is 4.07. The molecule has 0 bridgehead atoms. The van der Waals surface area contributed by atoms with Crippen LogP contribution in [0.3, 0.4) is 0 Å². The Morgan fingerprint density at radius 2 is 1.57 bits per heavy atom. The zero-order valence-electron chi connectivity index (χ0n) is 20.4. The van der Waals surface area contributed by atoms with Crippen LogP contribution in [-0.2, 0) is 14.3 Å². The number of ether oxygens (including phenoxy) is 4. The van der Waals surface area contributed by atoms with Crippen molar-refractivity contribution in [3.63, 3.8) is 0 Å². The summed E-state index contributed by atoms with van der Waals surface area (Å²) in [5.74, 6) is 0.114. The maximum absolute atomic E-state index is 13.7. The normalized spacial score (nSPS) is 19.7. The highest BCUT2D eigenvalue weighted by Crippen LogP contribution is 2.49. The molecule has 2 aliphatic rings. The van der Waals surface area contributed by atoms with Crippen molar-refractivity contribution in [3.8, 4) is 17.2 Å². The summed E-state index contributed by atoms with van der Waals surface area (Å²) >= 11 is 6.06. The number of allylic oxidation sites excluding steroid dienone is 3. The van der Waals surface area contributed by atoms with Gasteiger partial charge in [-0.05, 0) is 54.7 Å². The van der Waals surface area contributed by atoms with E-state index in [9.17, 15) is 9.59 Å². The second kappa shape index (κ2) is 10.0. The molecule has 0 aromatic heterocycles. The van der Waals surface area contributed by atoms with Gasteiger partial charge in [0, 0.05) is 34.3 Å². The monoisotopic (exact) mass is 497 g/mol. The van der Waals surface area contributed by atoms with Crippen LogP contribution < -0.4 is 19.5 Å². The quantitative estimate of drug-likeness (QED) is 0.568. The molecule has 35 heavy (non-hydrogen) atoms. The summed E-state index contributed by atoms with van der Waals surface area (Å²) in [7, 11) is 5.91. The number of benzene rings is 2. The number of halogens is 1. The van der Waals surface area contributed by atoms with Crippen LogP contribution in [-0.4, -0.2) is 40.2 Å². The van der Waals surface area contributed by atoms with E-state index in [0.717, 1.165) is 11.3 Å². The summed E-state index contributed by atoms with van der Waals surface area (Å²) in [4.78, 5) is 26.6. The molecule has 0 saturated heterocycles. The Morgan fingerprint density at radius 1 is 0.943 bits per heavy atom. The topological polar surface area (TPSA) is 83.1 Å². The third kappa shape index (κ3) is 4.48. The van der Waals surface area contributed by atoms with Crippen molar-refractivity contribution in [2.75, 3.05) is 28.4 Å². The molecule has 1 N–H and O–H groups in total. The molecule has 0 radical (unpaired) electrons. The minimum atomic E-state index is -0.647. The van der Waals surface area contributed by atoms with Crippen molar-refractivity contribution in [2.45, 2.75) is 31.6 Å². The predicted molar refractivity (Wildman–Crippen MR) is 132 cm³/mol. The van der Waals surface area contributed by atoms with Crippen LogP contribution in [0.4, 0.5) is 0 Å². The van der Waals surface area contributed by atoms with Crippen LogP contribution in [0.5, 0.6) is 17.2 Å². The van der Waals surface area contributed by atoms with E-state index in [1.807, 2.05) is 31.2 Å². The van der Waals surface area contributed by atoms with Gasteiger partial charge in [-0.15, -0.1) is 0 Å². The van der Waals surface area contributed by atoms with E-state index in [1.54, 1.807) is 12.1 Å². The number of Topliss-reactive ketones (excluding diaryl/α,β-unsaturated/α-hetero) is 1. The number of methoxy groups -OCH3 is 4. The summed E-state index contributed by atoms with van der Waals surface area (Å²) in [6.07, 6.45) is 0.937. The zero-order valence-corrected chi connectivity index (χ0v) is 21.1. The number of carbonyl (C=O) groups excluding carboxylic acids is 2. The van der Waals surface area contributed by atoms with Gasteiger partial charge in [-0.3, -0.25) is 4.79 Å². The number of carbonyl (C=O) groups is 2. The Hall–Kier alpha value is -3.45. The molecule has 1 aliphatic carbocycles. The molecular weight excluding hydrogens is 470 g/mol. The third-order valence-corrected chi connectivity index (χ3v) is 6.85. The maximum atomic E-state index is 13.7. The van der Waals surface area contributed by atoms with Crippen LogP contribution in [0.1, 0.15) is 42.7 Å². The molecular formula is C27H28ClNO6. The number of nitrogens with one attached hydrogen (secondary N) is 1. The van der Waals surface area contributed by atoms with E-state index in [-0.39, 0.29) is 11.7 Å². The molecule has 0 saturated carbocycles. The molecule has 0 amide bonds. The van der Waals surface area contributed by atoms with Crippen LogP contribution >= 0.6 is 11.6 Å². The number of esters is 1. The lowest BCUT2D eigenvalue weighted by Gasteiger charge is -2.36. The first-order valence-electron chi connectivity index (χ1n) is 11.2. The van der Waals surface area contributed by atoms with Crippen LogP contribution in [0.2, 0.25) is 5.02 Å². The van der Waals surface area contributed by atoms with E-state index in [4.69, 9.17) is 30.5 Å². The molecule has 1 aliphatic heterocycles. The second-order valence-electron chi connectivity index (χ2n) is 8.52. The highest BCUT2D eigenvalue weighted by Gasteiger charge is 2.42. The van der Waals surface area contributed by atoms with Gasteiger partial charge in [0.1, 0.15) is 0 Å². The second-order valence-corrected chi connectivity index (χ2v) is 8.96. The van der Waals surface area contributed by atoms with Gasteiger partial charge in [0.2, 0.25) is 5.75 Å². The highest BCUT2D eigenvalue weighted by atomic mass is 35.5. The molecule has 2 aromatic carbocycles. The number of dihydropyridines is 1. The molecule has 2 aromatic rings. The zero-order chi connectivity index (χ0) is 25.3. The molecule has 7 nitrogen and oxygen atoms in total.